The van der Waals surface area contributed by atoms with Gasteiger partial charge in [-0.2, -0.15) is 29.4 Å². The monoisotopic (exact) mass is 1280 g/mol. The molecule has 1 fully saturated rings. The second-order valence-corrected chi connectivity index (χ2v) is 22.4. The Morgan fingerprint density at radius 2 is 0.919 bits per heavy atom. The molecule has 13 amide bonds. The maximum Gasteiger partial charge on any atom is 0.567 e. The van der Waals surface area contributed by atoms with Gasteiger partial charge in [0.05, 0.1) is 25.2 Å². The van der Waals surface area contributed by atoms with Crippen LogP contribution in [0.25, 0.3) is 0 Å². The van der Waals surface area contributed by atoms with Crippen LogP contribution in [-0.2, 0) is 76.2 Å². The van der Waals surface area contributed by atoms with Gasteiger partial charge in [0.15, 0.2) is 6.04 Å². The number of aliphatic hydroxyl groups is 2. The Balaban J connectivity index is 3.76. The molecular formula is C45H80N14O25P2+2. The average Bonchev–Trinajstić information content (AvgIpc) is 3.01. The van der Waals surface area contributed by atoms with Gasteiger partial charge in [0.25, 0.3) is 0 Å². The Labute approximate surface area is 491 Å². The van der Waals surface area contributed by atoms with E-state index in [-0.39, 0.29) is 25.8 Å². The van der Waals surface area contributed by atoms with Crippen LogP contribution in [0, 0.1) is 5.92 Å². The van der Waals surface area contributed by atoms with Crippen LogP contribution in [0.1, 0.15) is 98.8 Å². The summed E-state index contributed by atoms with van der Waals surface area (Å²) in [7, 11) is -10.6. The topological polar surface area (TPSA) is 669 Å². The number of carboxylic acid groups (broad SMARTS) is 1. The van der Waals surface area contributed by atoms with Crippen LogP contribution < -0.4 is 71.2 Å². The summed E-state index contributed by atoms with van der Waals surface area (Å²) in [5.41, 5.74) is 26.8. The standard InChI is InChI=1S/C45H78N14O25P2/c1-6-18(2)32(55-36(66)22(46)16-31(50)65)41(71)58-35(21(5)84-86(80,81)82)43(73)53-25(11-14-30(49)64)44(74)59-15-7-8-27(59)40(70)57-34(20(4)83-85(77,78)79)42(72)52-24(10-13-29(48)63)37(67)51-23(9-12-28(47)62)38(68)54-26(17-60)39(69)56-33(19(3)61)45(75)76/h18-27,32-35,60-61,77-82H,6-17,46H2,1-5H3,(H15-2,47,48,49,50,51,52,53,54,55,56,57,58,62,63,64,65,66,67,68,69,70,71,72,73,75,76)/p+2/t18-,19+,20+,21+,22-,23-,24-,25-,26-,27-,32-,33-,34-,35-/m0/s1. The number of nitrogens with zero attached hydrogens (tertiary/aromatic N) is 1. The fourth-order valence-electron chi connectivity index (χ4n) is 8.19. The van der Waals surface area contributed by atoms with E-state index in [2.05, 4.69) is 31.9 Å². The number of aliphatic carboxylic acids is 1. The van der Waals surface area contributed by atoms with Gasteiger partial charge in [-0.1, -0.05) is 20.3 Å². The number of likely N-dealkylation sites (tertiary alicyclic amines) is 1. The summed E-state index contributed by atoms with van der Waals surface area (Å²) >= 11 is 0. The highest BCUT2D eigenvalue weighted by Crippen LogP contribution is 2.48. The number of nitrogens with one attached hydrogen (secondary N) is 8. The first-order chi connectivity index (χ1) is 39.6. The highest BCUT2D eigenvalue weighted by Gasteiger charge is 2.47. The predicted molar refractivity (Wildman–Crippen MR) is 291 cm³/mol. The predicted octanol–water partition coefficient (Wildman–Crippen LogP) is -10.5. The minimum absolute atomic E-state index is 0.000748. The van der Waals surface area contributed by atoms with Crippen LogP contribution in [0.4, 0.5) is 0 Å². The number of carboxylic acids is 1. The second kappa shape index (κ2) is 35.6. The molecule has 0 aromatic rings. The summed E-state index contributed by atoms with van der Waals surface area (Å²) in [6.45, 7) is 4.46. The van der Waals surface area contributed by atoms with E-state index < -0.39 is 235 Å². The van der Waals surface area contributed by atoms with Gasteiger partial charge in [0.1, 0.15) is 60.5 Å². The van der Waals surface area contributed by atoms with E-state index in [0.29, 0.717) is 0 Å². The van der Waals surface area contributed by atoms with Gasteiger partial charge in [-0.05, 0) is 58.8 Å². The minimum atomic E-state index is -5.33. The fourth-order valence-corrected chi connectivity index (χ4v) is 9.32. The van der Waals surface area contributed by atoms with Crippen molar-refractivity contribution in [3.63, 3.8) is 0 Å². The Morgan fingerprint density at radius 1 is 0.535 bits per heavy atom. The van der Waals surface area contributed by atoms with Gasteiger partial charge >= 0.3 is 22.3 Å². The number of rotatable bonds is 39. The SMILES string of the molecule is CC[C@H](C)[C@H](NC(=O)[C@@H](N)CC(N)=O)C(=O)N[C@H](C(=O)N[C@@H](CCC(N)=O)C(=O)N1CCC[C@H]1C(=O)N[C@H](C(=O)N[C@@H](CCC(N)=O)C(=O)N[C@@H](CCC(N)=O)C(=O)N[C@@H](CO)C(=O)N[C@H](C(=O)O)[C@@H](C)O)[C@@H](C)O[P+](O)(O)O)[C@@H](C)O[P+](O)(O)O. The number of primary amides is 4. The minimum Gasteiger partial charge on any atom is -0.480 e. The molecule has 14 atom stereocenters. The Bertz CT molecular complexity index is 2450. The van der Waals surface area contributed by atoms with Crippen LogP contribution in [0.2, 0.25) is 0 Å². The number of nitrogens with two attached hydrogens (primary N) is 5. The molecule has 0 aliphatic carbocycles. The summed E-state index contributed by atoms with van der Waals surface area (Å²) in [6, 6.07) is -18.7. The van der Waals surface area contributed by atoms with Crippen molar-refractivity contribution in [2.24, 2.45) is 34.6 Å². The highest BCUT2D eigenvalue weighted by atomic mass is 31.2. The highest BCUT2D eigenvalue weighted by molar-refractivity contribution is 7.53. The molecule has 86 heavy (non-hydrogen) atoms. The quantitative estimate of drug-likeness (QED) is 0.0254. The number of amides is 13. The Morgan fingerprint density at radius 3 is 1.33 bits per heavy atom. The van der Waals surface area contributed by atoms with Crippen molar-refractivity contribution in [2.45, 2.75) is 178 Å². The first-order valence-electron chi connectivity index (χ1n) is 26.3. The lowest BCUT2D eigenvalue weighted by Crippen LogP contribution is -2.63. The first-order valence-corrected chi connectivity index (χ1v) is 29.4. The van der Waals surface area contributed by atoms with Gasteiger partial charge in [0.2, 0.25) is 76.8 Å². The van der Waals surface area contributed by atoms with E-state index in [4.69, 9.17) is 37.7 Å². The molecule has 0 radical (unpaired) electrons. The molecule has 0 bridgehead atoms. The van der Waals surface area contributed by atoms with E-state index in [1.54, 1.807) is 6.92 Å². The molecule has 0 spiro atoms. The lowest BCUT2D eigenvalue weighted by atomic mass is 9.97. The molecule has 0 aromatic heterocycles. The zero-order valence-corrected chi connectivity index (χ0v) is 49.1. The molecule has 0 saturated carbocycles. The van der Waals surface area contributed by atoms with Gasteiger partial charge in [-0.3, -0.25) is 62.3 Å². The molecule has 41 heteroatoms. The van der Waals surface area contributed by atoms with Crippen molar-refractivity contribution in [3.05, 3.63) is 0 Å². The van der Waals surface area contributed by atoms with Crippen LogP contribution in [0.15, 0.2) is 0 Å². The van der Waals surface area contributed by atoms with Crippen molar-refractivity contribution in [2.75, 3.05) is 13.2 Å². The third-order valence-electron chi connectivity index (χ3n) is 12.9. The third kappa shape index (κ3) is 27.1. The molecule has 488 valence electrons. The summed E-state index contributed by atoms with van der Waals surface area (Å²) < 4.78 is 9.62. The number of hydrogen-bond donors (Lipinski definition) is 22. The molecule has 1 aliphatic heterocycles. The van der Waals surface area contributed by atoms with E-state index in [9.17, 15) is 112 Å². The average molecular weight is 1280 g/mol. The number of carbonyl (C=O) groups excluding carboxylic acids is 13. The van der Waals surface area contributed by atoms with Crippen LogP contribution >= 0.6 is 16.3 Å². The Kier molecular flexibility index (Phi) is 31.9. The molecule has 1 saturated heterocycles. The van der Waals surface area contributed by atoms with Crippen LogP contribution in [0.3, 0.4) is 0 Å². The molecule has 27 N–H and O–H groups in total. The maximum atomic E-state index is 14.5. The Hall–Kier alpha value is -7.00. The molecule has 1 heterocycles. The fraction of sp³-hybridized carbons (Fsp3) is 0.689. The van der Waals surface area contributed by atoms with Crippen LogP contribution in [0.5, 0.6) is 0 Å². The summed E-state index contributed by atoms with van der Waals surface area (Å²) in [5, 5.41) is 46.3. The summed E-state index contributed by atoms with van der Waals surface area (Å²) in [4.78, 5) is 243. The van der Waals surface area contributed by atoms with Gasteiger partial charge in [-0.25, -0.2) is 4.79 Å². The van der Waals surface area contributed by atoms with Crippen molar-refractivity contribution < 1.29 is 121 Å². The van der Waals surface area contributed by atoms with E-state index in [1.165, 1.54) is 6.92 Å². The molecule has 0 unspecified atom stereocenters. The molecular weight excluding hydrogens is 1200 g/mol. The molecule has 1 rings (SSSR count). The maximum absolute atomic E-state index is 14.5. The smallest absolute Gasteiger partial charge is 0.480 e. The lowest BCUT2D eigenvalue weighted by Gasteiger charge is -2.32. The molecule has 1 aliphatic rings. The molecule has 0 aromatic carbocycles. The van der Waals surface area contributed by atoms with E-state index in [0.717, 1.165) is 25.7 Å². The van der Waals surface area contributed by atoms with E-state index in [1.807, 2.05) is 10.6 Å². The lowest BCUT2D eigenvalue weighted by molar-refractivity contribution is -0.145. The van der Waals surface area contributed by atoms with Crippen LogP contribution in [-0.4, -0.2) is 224 Å². The first kappa shape index (κ1) is 77.0. The summed E-state index contributed by atoms with van der Waals surface area (Å²) in [5.74, 6) is -18.1. The molecule has 39 nitrogen and oxygen atoms in total. The summed E-state index contributed by atoms with van der Waals surface area (Å²) in [6.07, 6.45) is -10.3. The second-order valence-electron chi connectivity index (χ2n) is 20.0. The number of hydrogen-bond acceptors (Lipinski definition) is 25. The largest absolute Gasteiger partial charge is 0.567 e. The van der Waals surface area contributed by atoms with Crippen molar-refractivity contribution in [3.8, 4) is 0 Å². The van der Waals surface area contributed by atoms with Gasteiger partial charge < -0.3 is 91.4 Å². The van der Waals surface area contributed by atoms with Gasteiger partial charge in [-0.15, -0.1) is 9.05 Å². The van der Waals surface area contributed by atoms with E-state index >= 15 is 0 Å². The van der Waals surface area contributed by atoms with Crippen molar-refractivity contribution in [1.82, 2.24) is 47.4 Å². The van der Waals surface area contributed by atoms with Gasteiger partial charge in [0, 0.05) is 25.8 Å². The van der Waals surface area contributed by atoms with Crippen molar-refractivity contribution >= 4 is 99.1 Å². The normalized spacial score (nSPS) is 17.9. The number of carbonyl (C=O) groups is 14. The zero-order valence-electron chi connectivity index (χ0n) is 47.4. The third-order valence-corrected chi connectivity index (χ3v) is 14.1. The van der Waals surface area contributed by atoms with Crippen molar-refractivity contribution in [1.29, 1.82) is 0 Å². The zero-order chi connectivity index (χ0) is 66.3. The number of aliphatic hydroxyl groups excluding tert-OH is 2.